The van der Waals surface area contributed by atoms with Crippen molar-refractivity contribution in [3.63, 3.8) is 0 Å². The van der Waals surface area contributed by atoms with Gasteiger partial charge < -0.3 is 14.2 Å². The molecule has 0 saturated carbocycles. The third-order valence-corrected chi connectivity index (χ3v) is 5.31. The molecule has 1 aliphatic heterocycles. The summed E-state index contributed by atoms with van der Waals surface area (Å²) in [5.41, 5.74) is 1.58. The van der Waals surface area contributed by atoms with Crippen LogP contribution in [-0.4, -0.2) is 28.4 Å². The Hall–Kier alpha value is -2.69. The van der Waals surface area contributed by atoms with Crippen LogP contribution in [0.15, 0.2) is 41.3 Å². The van der Waals surface area contributed by atoms with Crippen LogP contribution in [0.4, 0.5) is 0 Å². The maximum Gasteiger partial charge on any atom is 0.241 e. The molecule has 2 aromatic carbocycles. The van der Waals surface area contributed by atoms with E-state index in [2.05, 4.69) is 16.6 Å². The van der Waals surface area contributed by atoms with Gasteiger partial charge in [-0.1, -0.05) is 24.0 Å². The molecule has 7 heteroatoms. The van der Waals surface area contributed by atoms with Gasteiger partial charge in [-0.3, -0.25) is 0 Å². The summed E-state index contributed by atoms with van der Waals surface area (Å²) in [6, 6.07) is 10.6. The van der Waals surface area contributed by atoms with Crippen molar-refractivity contribution in [1.29, 1.82) is 0 Å². The van der Waals surface area contributed by atoms with E-state index in [1.54, 1.807) is 37.3 Å². The normalized spacial score (nSPS) is 12.4. The molecular formula is C19H19NO5S. The smallest absolute Gasteiger partial charge is 0.241 e. The zero-order valence-electron chi connectivity index (χ0n) is 14.5. The summed E-state index contributed by atoms with van der Waals surface area (Å²) >= 11 is 0. The summed E-state index contributed by atoms with van der Waals surface area (Å²) in [5, 5.41) is 0. The van der Waals surface area contributed by atoms with Gasteiger partial charge in [0.1, 0.15) is 12.4 Å². The minimum atomic E-state index is -3.58. The molecule has 0 aromatic heterocycles. The molecule has 0 spiro atoms. The Bertz CT molecular complexity index is 973. The van der Waals surface area contributed by atoms with Gasteiger partial charge in [0.25, 0.3) is 0 Å². The number of ether oxygens (including phenoxy) is 3. The summed E-state index contributed by atoms with van der Waals surface area (Å²) in [6.07, 6.45) is 0. The third kappa shape index (κ3) is 4.28. The molecule has 0 saturated heterocycles. The highest BCUT2D eigenvalue weighted by molar-refractivity contribution is 7.89. The standard InChI is InChI=1S/C19H19NO5S/c1-14-5-6-15(2)19(11-14)26(21,22)20-9-3-4-10-23-16-7-8-17-18(12-16)25-13-24-17/h5-8,11-12,20H,9-10,13H2,1-2H3. The summed E-state index contributed by atoms with van der Waals surface area (Å²) in [7, 11) is -3.58. The number of nitrogens with one attached hydrogen (secondary N) is 1. The van der Waals surface area contributed by atoms with Crippen LogP contribution in [0.3, 0.4) is 0 Å². The molecule has 1 aliphatic rings. The van der Waals surface area contributed by atoms with Crippen LogP contribution >= 0.6 is 0 Å². The Morgan fingerprint density at radius 2 is 1.88 bits per heavy atom. The molecule has 136 valence electrons. The van der Waals surface area contributed by atoms with E-state index >= 15 is 0 Å². The van der Waals surface area contributed by atoms with Crippen molar-refractivity contribution in [3.8, 4) is 29.1 Å². The Labute approximate surface area is 153 Å². The van der Waals surface area contributed by atoms with Crippen molar-refractivity contribution in [1.82, 2.24) is 4.72 Å². The van der Waals surface area contributed by atoms with Crippen molar-refractivity contribution >= 4 is 10.0 Å². The minimum absolute atomic E-state index is 0.0141. The Morgan fingerprint density at radius 3 is 2.73 bits per heavy atom. The number of benzene rings is 2. The summed E-state index contributed by atoms with van der Waals surface area (Å²) in [6.45, 7) is 3.98. The van der Waals surface area contributed by atoms with Gasteiger partial charge in [-0.15, -0.1) is 0 Å². The van der Waals surface area contributed by atoms with E-state index in [4.69, 9.17) is 14.2 Å². The van der Waals surface area contributed by atoms with Crippen molar-refractivity contribution < 1.29 is 22.6 Å². The van der Waals surface area contributed by atoms with Gasteiger partial charge >= 0.3 is 0 Å². The predicted molar refractivity (Wildman–Crippen MR) is 96.9 cm³/mol. The summed E-state index contributed by atoms with van der Waals surface area (Å²) < 4.78 is 43.1. The minimum Gasteiger partial charge on any atom is -0.481 e. The van der Waals surface area contributed by atoms with Gasteiger partial charge in [-0.2, -0.15) is 4.72 Å². The van der Waals surface area contributed by atoms with Gasteiger partial charge in [0, 0.05) is 6.07 Å². The second kappa shape index (κ2) is 7.68. The molecule has 0 atom stereocenters. The third-order valence-electron chi connectivity index (χ3n) is 3.76. The first-order chi connectivity index (χ1) is 12.5. The molecule has 0 radical (unpaired) electrons. The molecule has 1 N–H and O–H groups in total. The lowest BCUT2D eigenvalue weighted by atomic mass is 10.2. The monoisotopic (exact) mass is 373 g/mol. The molecule has 6 nitrogen and oxygen atoms in total. The molecule has 0 fully saturated rings. The van der Waals surface area contributed by atoms with Crippen LogP contribution in [0, 0.1) is 25.7 Å². The maximum atomic E-state index is 12.3. The zero-order chi connectivity index (χ0) is 18.6. The van der Waals surface area contributed by atoms with Gasteiger partial charge in [-0.25, -0.2) is 8.42 Å². The Morgan fingerprint density at radius 1 is 1.08 bits per heavy atom. The highest BCUT2D eigenvalue weighted by Gasteiger charge is 2.16. The molecule has 0 unspecified atom stereocenters. The number of aryl methyl sites for hydroxylation is 2. The lowest BCUT2D eigenvalue weighted by Gasteiger charge is -2.08. The largest absolute Gasteiger partial charge is 0.481 e. The van der Waals surface area contributed by atoms with Crippen LogP contribution in [0.2, 0.25) is 0 Å². The van der Waals surface area contributed by atoms with Gasteiger partial charge in [-0.05, 0) is 43.2 Å². The van der Waals surface area contributed by atoms with E-state index in [9.17, 15) is 8.42 Å². The molecule has 0 amide bonds. The lowest BCUT2D eigenvalue weighted by molar-refractivity contribution is 0.174. The molecule has 2 aromatic rings. The second-order valence-corrected chi connectivity index (χ2v) is 7.49. The first-order valence-corrected chi connectivity index (χ1v) is 9.49. The predicted octanol–water partition coefficient (Wildman–Crippen LogP) is 2.39. The molecule has 3 rings (SSSR count). The highest BCUT2D eigenvalue weighted by Crippen LogP contribution is 2.34. The fourth-order valence-corrected chi connectivity index (χ4v) is 3.66. The van der Waals surface area contributed by atoms with Crippen molar-refractivity contribution in [2.45, 2.75) is 18.7 Å². The summed E-state index contributed by atoms with van der Waals surface area (Å²) in [4.78, 5) is 0.274. The fourth-order valence-electron chi connectivity index (χ4n) is 2.41. The molecular weight excluding hydrogens is 354 g/mol. The second-order valence-electron chi connectivity index (χ2n) is 5.75. The fraction of sp³-hybridized carbons (Fsp3) is 0.263. The quantitative estimate of drug-likeness (QED) is 0.815. The van der Waals surface area contributed by atoms with Crippen LogP contribution < -0.4 is 18.9 Å². The summed E-state index contributed by atoms with van der Waals surface area (Å²) in [5.74, 6) is 7.46. The Balaban J connectivity index is 1.51. The first kappa shape index (κ1) is 18.1. The van der Waals surface area contributed by atoms with Crippen LogP contribution in [0.5, 0.6) is 17.2 Å². The van der Waals surface area contributed by atoms with E-state index in [0.717, 1.165) is 5.56 Å². The molecule has 1 heterocycles. The SMILES string of the molecule is Cc1ccc(C)c(S(=O)(=O)NCC#CCOc2ccc3c(c2)OCO3)c1. The molecule has 0 bridgehead atoms. The average molecular weight is 373 g/mol. The Kier molecular flexibility index (Phi) is 5.35. The lowest BCUT2D eigenvalue weighted by Crippen LogP contribution is -2.24. The zero-order valence-corrected chi connectivity index (χ0v) is 15.4. The molecule has 26 heavy (non-hydrogen) atoms. The van der Waals surface area contributed by atoms with E-state index in [1.807, 2.05) is 13.0 Å². The number of rotatable bonds is 5. The number of sulfonamides is 1. The number of hydrogen-bond acceptors (Lipinski definition) is 5. The van der Waals surface area contributed by atoms with Gasteiger partial charge in [0.2, 0.25) is 16.8 Å². The van der Waals surface area contributed by atoms with E-state index in [1.165, 1.54) is 0 Å². The van der Waals surface area contributed by atoms with Gasteiger partial charge in [0.15, 0.2) is 11.5 Å². The highest BCUT2D eigenvalue weighted by atomic mass is 32.2. The topological polar surface area (TPSA) is 73.9 Å². The van der Waals surface area contributed by atoms with Crippen LogP contribution in [0.25, 0.3) is 0 Å². The molecule has 0 aliphatic carbocycles. The number of fused-ring (bicyclic) bond motifs is 1. The maximum absolute atomic E-state index is 12.3. The first-order valence-electron chi connectivity index (χ1n) is 8.01. The van der Waals surface area contributed by atoms with Crippen LogP contribution in [-0.2, 0) is 10.0 Å². The van der Waals surface area contributed by atoms with Gasteiger partial charge in [0.05, 0.1) is 11.4 Å². The van der Waals surface area contributed by atoms with Crippen molar-refractivity contribution in [2.75, 3.05) is 19.9 Å². The van der Waals surface area contributed by atoms with Crippen molar-refractivity contribution in [3.05, 3.63) is 47.5 Å². The van der Waals surface area contributed by atoms with E-state index in [0.29, 0.717) is 22.8 Å². The average Bonchev–Trinajstić information content (AvgIpc) is 3.07. The van der Waals surface area contributed by atoms with Crippen molar-refractivity contribution in [2.24, 2.45) is 0 Å². The van der Waals surface area contributed by atoms with Crippen LogP contribution in [0.1, 0.15) is 11.1 Å². The van der Waals surface area contributed by atoms with E-state index < -0.39 is 10.0 Å². The number of hydrogen-bond donors (Lipinski definition) is 1. The van der Waals surface area contributed by atoms with E-state index in [-0.39, 0.29) is 24.8 Å².